The van der Waals surface area contributed by atoms with Crippen molar-refractivity contribution in [3.05, 3.63) is 34.9 Å². The largest absolute Gasteiger partial charge is 0.422 e. The highest BCUT2D eigenvalue weighted by atomic mass is 35.5. The predicted octanol–water partition coefficient (Wildman–Crippen LogP) is 2.33. The van der Waals surface area contributed by atoms with Crippen LogP contribution < -0.4 is 0 Å². The molecule has 0 atom stereocenters. The molecule has 0 unspecified atom stereocenters. The van der Waals surface area contributed by atoms with Crippen molar-refractivity contribution in [2.45, 2.75) is 26.1 Å². The Morgan fingerprint density at radius 1 is 1.17 bits per heavy atom. The number of halogens is 1. The van der Waals surface area contributed by atoms with Gasteiger partial charge in [0.2, 0.25) is 0 Å². The maximum atomic E-state index is 11.8. The van der Waals surface area contributed by atoms with Gasteiger partial charge in [0.15, 0.2) is 5.92 Å². The van der Waals surface area contributed by atoms with Gasteiger partial charge in [0.05, 0.1) is 0 Å². The van der Waals surface area contributed by atoms with Crippen LogP contribution in [-0.2, 0) is 25.5 Å². The van der Waals surface area contributed by atoms with Gasteiger partial charge in [0.1, 0.15) is 0 Å². The summed E-state index contributed by atoms with van der Waals surface area (Å²) >= 11 is 5.99. The molecule has 0 radical (unpaired) electrons. The van der Waals surface area contributed by atoms with Gasteiger partial charge in [0, 0.05) is 18.9 Å². The van der Waals surface area contributed by atoms with Gasteiger partial charge in [-0.1, -0.05) is 29.8 Å². The number of benzene rings is 1. The molecule has 4 nitrogen and oxygen atoms in total. The van der Waals surface area contributed by atoms with E-state index in [1.165, 1.54) is 13.8 Å². The first kappa shape index (κ1) is 12.9. The average Bonchev–Trinajstić information content (AvgIpc) is 2.24. The third kappa shape index (κ3) is 2.64. The molecule has 0 bridgehead atoms. The fourth-order valence-electron chi connectivity index (χ4n) is 1.79. The first-order chi connectivity index (χ1) is 8.39. The Balaban J connectivity index is 2.18. The second-order valence-electron chi connectivity index (χ2n) is 4.59. The highest BCUT2D eigenvalue weighted by Crippen LogP contribution is 2.27. The molecule has 96 valence electrons. The van der Waals surface area contributed by atoms with E-state index in [1.54, 1.807) is 24.3 Å². The Kier molecular flexibility index (Phi) is 3.30. The standard InChI is InChI=1S/C13H13ClO4/c1-13(2)17-11(15)9(12(16)18-13)7-8-5-3-4-6-10(8)14/h3-6,9H,7H2,1-2H3. The normalized spacial score (nSPS) is 19.3. The van der Waals surface area contributed by atoms with E-state index in [2.05, 4.69) is 0 Å². The lowest BCUT2D eigenvalue weighted by molar-refractivity contribution is -0.239. The van der Waals surface area contributed by atoms with Crippen LogP contribution in [0.1, 0.15) is 19.4 Å². The Bertz CT molecular complexity index is 476. The van der Waals surface area contributed by atoms with Crippen LogP contribution in [0.3, 0.4) is 0 Å². The summed E-state index contributed by atoms with van der Waals surface area (Å²) in [5.41, 5.74) is 0.720. The summed E-state index contributed by atoms with van der Waals surface area (Å²) in [6.45, 7) is 3.04. The second kappa shape index (κ2) is 4.61. The van der Waals surface area contributed by atoms with E-state index >= 15 is 0 Å². The van der Waals surface area contributed by atoms with Crippen LogP contribution in [0.15, 0.2) is 24.3 Å². The van der Waals surface area contributed by atoms with Gasteiger partial charge in [-0.25, -0.2) is 0 Å². The van der Waals surface area contributed by atoms with Crippen LogP contribution in [0, 0.1) is 5.92 Å². The molecule has 1 aromatic rings. The van der Waals surface area contributed by atoms with E-state index in [9.17, 15) is 9.59 Å². The molecule has 0 aromatic heterocycles. The van der Waals surface area contributed by atoms with Crippen LogP contribution in [0.5, 0.6) is 0 Å². The van der Waals surface area contributed by atoms with Gasteiger partial charge in [0.25, 0.3) is 5.79 Å². The molecule has 1 saturated heterocycles. The zero-order valence-electron chi connectivity index (χ0n) is 10.1. The first-order valence-corrected chi connectivity index (χ1v) is 5.96. The zero-order valence-corrected chi connectivity index (χ0v) is 10.9. The minimum atomic E-state index is -1.19. The lowest BCUT2D eigenvalue weighted by Crippen LogP contribution is -2.46. The number of esters is 2. The topological polar surface area (TPSA) is 52.6 Å². The zero-order chi connectivity index (χ0) is 13.3. The summed E-state index contributed by atoms with van der Waals surface area (Å²) in [6, 6.07) is 7.06. The van der Waals surface area contributed by atoms with E-state index in [4.69, 9.17) is 21.1 Å². The summed E-state index contributed by atoms with van der Waals surface area (Å²) in [7, 11) is 0. The molecule has 0 spiro atoms. The van der Waals surface area contributed by atoms with Crippen LogP contribution in [0.2, 0.25) is 5.02 Å². The smallest absolute Gasteiger partial charge is 0.323 e. The molecule has 0 saturated carbocycles. The van der Waals surface area contributed by atoms with Crippen molar-refractivity contribution in [3.8, 4) is 0 Å². The van der Waals surface area contributed by atoms with Crippen molar-refractivity contribution < 1.29 is 19.1 Å². The first-order valence-electron chi connectivity index (χ1n) is 5.58. The third-order valence-corrected chi connectivity index (χ3v) is 3.01. The molecule has 0 N–H and O–H groups in total. The molecule has 1 aromatic carbocycles. The molecule has 1 aliphatic heterocycles. The number of carbonyl (C=O) groups excluding carboxylic acids is 2. The molecule has 0 aliphatic carbocycles. The van der Waals surface area contributed by atoms with Gasteiger partial charge in [-0.05, 0) is 18.1 Å². The average molecular weight is 269 g/mol. The quantitative estimate of drug-likeness (QED) is 0.610. The van der Waals surface area contributed by atoms with Gasteiger partial charge in [-0.2, -0.15) is 0 Å². The molecular weight excluding hydrogens is 256 g/mol. The van der Waals surface area contributed by atoms with E-state index < -0.39 is 23.6 Å². The Hall–Kier alpha value is -1.55. The number of hydrogen-bond acceptors (Lipinski definition) is 4. The van der Waals surface area contributed by atoms with E-state index in [-0.39, 0.29) is 6.42 Å². The summed E-state index contributed by atoms with van der Waals surface area (Å²) < 4.78 is 10.1. The number of carbonyl (C=O) groups is 2. The summed E-state index contributed by atoms with van der Waals surface area (Å²) in [4.78, 5) is 23.5. The Morgan fingerprint density at radius 2 is 1.72 bits per heavy atom. The summed E-state index contributed by atoms with van der Waals surface area (Å²) in [5.74, 6) is -3.28. The van der Waals surface area contributed by atoms with Gasteiger partial charge in [-0.3, -0.25) is 9.59 Å². The molecule has 5 heteroatoms. The number of rotatable bonds is 2. The third-order valence-electron chi connectivity index (χ3n) is 2.64. The van der Waals surface area contributed by atoms with Crippen LogP contribution in [-0.4, -0.2) is 17.7 Å². The van der Waals surface area contributed by atoms with Gasteiger partial charge in [-0.15, -0.1) is 0 Å². The monoisotopic (exact) mass is 268 g/mol. The van der Waals surface area contributed by atoms with Gasteiger partial charge >= 0.3 is 11.9 Å². The molecule has 1 aliphatic rings. The molecule has 0 amide bonds. The van der Waals surface area contributed by atoms with Crippen LogP contribution in [0.25, 0.3) is 0 Å². The fraction of sp³-hybridized carbons (Fsp3) is 0.385. The number of hydrogen-bond donors (Lipinski definition) is 0. The Labute approximate surface area is 110 Å². The van der Waals surface area contributed by atoms with Crippen LogP contribution in [0.4, 0.5) is 0 Å². The van der Waals surface area contributed by atoms with Gasteiger partial charge < -0.3 is 9.47 Å². The predicted molar refractivity (Wildman–Crippen MR) is 64.9 cm³/mol. The molecular formula is C13H13ClO4. The molecule has 18 heavy (non-hydrogen) atoms. The van der Waals surface area contributed by atoms with E-state index in [1.807, 2.05) is 0 Å². The summed E-state index contributed by atoms with van der Waals surface area (Å²) in [6.07, 6.45) is 0.188. The Morgan fingerprint density at radius 3 is 2.28 bits per heavy atom. The minimum absolute atomic E-state index is 0.188. The van der Waals surface area contributed by atoms with E-state index in [0.717, 1.165) is 5.56 Å². The number of cyclic esters (lactones) is 2. The molecule has 1 fully saturated rings. The van der Waals surface area contributed by atoms with Crippen molar-refractivity contribution in [2.75, 3.05) is 0 Å². The molecule has 1 heterocycles. The summed E-state index contributed by atoms with van der Waals surface area (Å²) in [5, 5.41) is 0.517. The van der Waals surface area contributed by atoms with Crippen molar-refractivity contribution in [1.82, 2.24) is 0 Å². The second-order valence-corrected chi connectivity index (χ2v) is 5.00. The van der Waals surface area contributed by atoms with E-state index in [0.29, 0.717) is 5.02 Å². The van der Waals surface area contributed by atoms with Crippen molar-refractivity contribution >= 4 is 23.5 Å². The molecule has 2 rings (SSSR count). The van der Waals surface area contributed by atoms with Crippen molar-refractivity contribution in [1.29, 1.82) is 0 Å². The van der Waals surface area contributed by atoms with Crippen LogP contribution >= 0.6 is 11.6 Å². The number of ether oxygens (including phenoxy) is 2. The van der Waals surface area contributed by atoms with Crippen molar-refractivity contribution in [2.24, 2.45) is 5.92 Å². The fourth-order valence-corrected chi connectivity index (χ4v) is 2.01. The minimum Gasteiger partial charge on any atom is -0.422 e. The lowest BCUT2D eigenvalue weighted by atomic mass is 9.98. The highest BCUT2D eigenvalue weighted by molar-refractivity contribution is 6.31. The van der Waals surface area contributed by atoms with Crippen molar-refractivity contribution in [3.63, 3.8) is 0 Å². The maximum absolute atomic E-state index is 11.8. The highest BCUT2D eigenvalue weighted by Gasteiger charge is 2.43. The maximum Gasteiger partial charge on any atom is 0.323 e. The SMILES string of the molecule is CC1(C)OC(=O)C(Cc2ccccc2Cl)C(=O)O1. The lowest BCUT2D eigenvalue weighted by Gasteiger charge is -2.32.